The topological polar surface area (TPSA) is 25.4 Å². The van der Waals surface area contributed by atoms with Crippen LogP contribution >= 0.6 is 23.4 Å². The fourth-order valence-electron chi connectivity index (χ4n) is 2.72. The zero-order valence-electron chi connectivity index (χ0n) is 13.2. The second-order valence-corrected chi connectivity index (χ2v) is 7.42. The van der Waals surface area contributed by atoms with E-state index in [2.05, 4.69) is 16.9 Å². The summed E-state index contributed by atoms with van der Waals surface area (Å²) in [4.78, 5) is 6.53. The molecule has 3 nitrogen and oxygen atoms in total. The standard InChI is InChI=1S/C18H21ClN2OS/c1-21(17-6-8-23-13-17)11-15-9-16(19)4-5-18(15)22-12-14-3-2-7-20-10-14/h2-5,7,9-10,17H,6,8,11-13H2,1H3/t17-/m1/s1. The number of hydrogen-bond donors (Lipinski definition) is 0. The van der Waals surface area contributed by atoms with Crippen molar-refractivity contribution in [3.8, 4) is 5.75 Å². The molecule has 2 heterocycles. The van der Waals surface area contributed by atoms with Gasteiger partial charge in [-0.3, -0.25) is 9.88 Å². The van der Waals surface area contributed by atoms with Crippen molar-refractivity contribution in [1.82, 2.24) is 9.88 Å². The van der Waals surface area contributed by atoms with Gasteiger partial charge < -0.3 is 4.74 Å². The van der Waals surface area contributed by atoms with Crippen molar-refractivity contribution in [3.63, 3.8) is 0 Å². The third-order valence-electron chi connectivity index (χ3n) is 4.09. The highest BCUT2D eigenvalue weighted by Gasteiger charge is 2.21. The maximum absolute atomic E-state index is 6.19. The van der Waals surface area contributed by atoms with Gasteiger partial charge in [0.25, 0.3) is 0 Å². The smallest absolute Gasteiger partial charge is 0.124 e. The van der Waals surface area contributed by atoms with Crippen LogP contribution in [-0.4, -0.2) is 34.5 Å². The van der Waals surface area contributed by atoms with Gasteiger partial charge in [0.05, 0.1) is 0 Å². The lowest BCUT2D eigenvalue weighted by Crippen LogP contribution is -2.31. The van der Waals surface area contributed by atoms with E-state index in [-0.39, 0.29) is 0 Å². The predicted molar refractivity (Wildman–Crippen MR) is 97.2 cm³/mol. The maximum atomic E-state index is 6.19. The van der Waals surface area contributed by atoms with Gasteiger partial charge >= 0.3 is 0 Å². The van der Waals surface area contributed by atoms with Crippen LogP contribution in [0.1, 0.15) is 17.5 Å². The van der Waals surface area contributed by atoms with E-state index < -0.39 is 0 Å². The highest BCUT2D eigenvalue weighted by Crippen LogP contribution is 2.28. The van der Waals surface area contributed by atoms with Gasteiger partial charge in [-0.25, -0.2) is 0 Å². The Balaban J connectivity index is 1.69. The number of rotatable bonds is 6. The molecule has 122 valence electrons. The first kappa shape index (κ1) is 16.6. The normalized spacial score (nSPS) is 17.6. The van der Waals surface area contributed by atoms with E-state index in [1.165, 1.54) is 17.9 Å². The summed E-state index contributed by atoms with van der Waals surface area (Å²) in [7, 11) is 2.18. The molecule has 1 aromatic heterocycles. The van der Waals surface area contributed by atoms with Crippen LogP contribution in [0, 0.1) is 0 Å². The molecule has 1 aliphatic rings. The molecule has 0 radical (unpaired) electrons. The fourth-order valence-corrected chi connectivity index (χ4v) is 4.22. The Morgan fingerprint density at radius 3 is 3.04 bits per heavy atom. The summed E-state index contributed by atoms with van der Waals surface area (Å²) in [5.41, 5.74) is 2.20. The highest BCUT2D eigenvalue weighted by molar-refractivity contribution is 7.99. The number of hydrogen-bond acceptors (Lipinski definition) is 4. The summed E-state index contributed by atoms with van der Waals surface area (Å²) in [6, 6.07) is 10.4. The molecule has 1 atom stereocenters. The summed E-state index contributed by atoms with van der Waals surface area (Å²) in [5.74, 6) is 3.37. The molecule has 0 amide bonds. The van der Waals surface area contributed by atoms with Crippen LogP contribution in [-0.2, 0) is 13.2 Å². The van der Waals surface area contributed by atoms with Crippen molar-refractivity contribution < 1.29 is 4.74 Å². The average Bonchev–Trinajstić information content (AvgIpc) is 3.10. The second-order valence-electron chi connectivity index (χ2n) is 5.83. The van der Waals surface area contributed by atoms with Gasteiger partial charge in [-0.2, -0.15) is 11.8 Å². The SMILES string of the molecule is CN(Cc1cc(Cl)ccc1OCc1cccnc1)[C@@H]1CCSC1. The van der Waals surface area contributed by atoms with E-state index in [9.17, 15) is 0 Å². The van der Waals surface area contributed by atoms with E-state index in [0.717, 1.165) is 28.4 Å². The number of aromatic nitrogens is 1. The molecule has 0 N–H and O–H groups in total. The largest absolute Gasteiger partial charge is 0.489 e. The molecule has 1 aromatic carbocycles. The number of pyridine rings is 1. The highest BCUT2D eigenvalue weighted by atomic mass is 35.5. The first-order chi connectivity index (χ1) is 11.2. The van der Waals surface area contributed by atoms with E-state index >= 15 is 0 Å². The molecule has 1 aliphatic heterocycles. The molecule has 0 bridgehead atoms. The Morgan fingerprint density at radius 1 is 1.39 bits per heavy atom. The number of thioether (sulfide) groups is 1. The van der Waals surface area contributed by atoms with E-state index in [0.29, 0.717) is 12.6 Å². The number of benzene rings is 1. The number of ether oxygens (including phenoxy) is 1. The minimum absolute atomic E-state index is 0.519. The summed E-state index contributed by atoms with van der Waals surface area (Å²) < 4.78 is 6.01. The lowest BCUT2D eigenvalue weighted by Gasteiger charge is -2.24. The summed E-state index contributed by atoms with van der Waals surface area (Å²) >= 11 is 8.22. The van der Waals surface area contributed by atoms with Crippen LogP contribution in [0.3, 0.4) is 0 Å². The monoisotopic (exact) mass is 348 g/mol. The molecule has 0 unspecified atom stereocenters. The first-order valence-electron chi connectivity index (χ1n) is 7.80. The molecule has 2 aromatic rings. The Hall–Kier alpha value is -1.23. The summed E-state index contributed by atoms with van der Waals surface area (Å²) in [5, 5.41) is 0.753. The third kappa shape index (κ3) is 4.63. The van der Waals surface area contributed by atoms with E-state index in [1.54, 1.807) is 6.20 Å². The summed E-state index contributed by atoms with van der Waals surface area (Å²) in [6.45, 7) is 1.37. The minimum atomic E-state index is 0.519. The van der Waals surface area contributed by atoms with Crippen LogP contribution in [0.4, 0.5) is 0 Å². The van der Waals surface area contributed by atoms with E-state index in [4.69, 9.17) is 16.3 Å². The van der Waals surface area contributed by atoms with Crippen molar-refractivity contribution in [2.24, 2.45) is 0 Å². The van der Waals surface area contributed by atoms with Crippen LogP contribution in [0.15, 0.2) is 42.7 Å². The fraction of sp³-hybridized carbons (Fsp3) is 0.389. The van der Waals surface area contributed by atoms with Gasteiger partial charge in [-0.1, -0.05) is 17.7 Å². The second kappa shape index (κ2) is 8.04. The van der Waals surface area contributed by atoms with Crippen molar-refractivity contribution in [1.29, 1.82) is 0 Å². The van der Waals surface area contributed by atoms with Gasteiger partial charge in [0.15, 0.2) is 0 Å². The van der Waals surface area contributed by atoms with Crippen molar-refractivity contribution in [3.05, 3.63) is 58.9 Å². The zero-order chi connectivity index (χ0) is 16.1. The van der Waals surface area contributed by atoms with Gasteiger partial charge in [0.2, 0.25) is 0 Å². The summed E-state index contributed by atoms with van der Waals surface area (Å²) in [6.07, 6.45) is 4.86. The maximum Gasteiger partial charge on any atom is 0.124 e. The Bertz CT molecular complexity index is 632. The van der Waals surface area contributed by atoms with Crippen molar-refractivity contribution in [2.75, 3.05) is 18.6 Å². The molecule has 1 fully saturated rings. The van der Waals surface area contributed by atoms with Gasteiger partial charge in [-0.05, 0) is 43.5 Å². The average molecular weight is 349 g/mol. The molecule has 0 spiro atoms. The van der Waals surface area contributed by atoms with Crippen LogP contribution in [0.2, 0.25) is 5.02 Å². The van der Waals surface area contributed by atoms with E-state index in [1.807, 2.05) is 48.3 Å². The Kier molecular flexibility index (Phi) is 5.81. The van der Waals surface area contributed by atoms with Gasteiger partial charge in [0.1, 0.15) is 12.4 Å². The molecule has 0 aliphatic carbocycles. The van der Waals surface area contributed by atoms with Crippen LogP contribution in [0.25, 0.3) is 0 Å². The molecular weight excluding hydrogens is 328 g/mol. The molecular formula is C18H21ClN2OS. The van der Waals surface area contributed by atoms with Crippen LogP contribution in [0.5, 0.6) is 5.75 Å². The number of nitrogens with zero attached hydrogens (tertiary/aromatic N) is 2. The molecule has 3 rings (SSSR count). The zero-order valence-corrected chi connectivity index (χ0v) is 14.8. The Labute approximate surface area is 147 Å². The van der Waals surface area contributed by atoms with Crippen molar-refractivity contribution >= 4 is 23.4 Å². The molecule has 5 heteroatoms. The third-order valence-corrected chi connectivity index (χ3v) is 5.47. The van der Waals surface area contributed by atoms with Crippen LogP contribution < -0.4 is 4.74 Å². The molecule has 0 saturated carbocycles. The quantitative estimate of drug-likeness (QED) is 0.779. The molecule has 1 saturated heterocycles. The minimum Gasteiger partial charge on any atom is -0.489 e. The Morgan fingerprint density at radius 2 is 2.30 bits per heavy atom. The van der Waals surface area contributed by atoms with Gasteiger partial charge in [0, 0.05) is 46.9 Å². The van der Waals surface area contributed by atoms with Crippen molar-refractivity contribution in [2.45, 2.75) is 25.6 Å². The number of halogens is 1. The first-order valence-corrected chi connectivity index (χ1v) is 9.34. The predicted octanol–water partition coefficient (Wildman–Crippen LogP) is 4.25. The lowest BCUT2D eigenvalue weighted by molar-refractivity contribution is 0.244. The van der Waals surface area contributed by atoms with Gasteiger partial charge in [-0.15, -0.1) is 0 Å². The lowest BCUT2D eigenvalue weighted by atomic mass is 10.1. The molecule has 23 heavy (non-hydrogen) atoms.